The van der Waals surface area contributed by atoms with Crippen molar-refractivity contribution < 1.29 is 8.78 Å². The molecule has 96 valence electrons. The molecule has 0 radical (unpaired) electrons. The molecule has 0 bridgehead atoms. The molecular weight excluding hydrogens is 306 g/mol. The number of halogens is 3. The van der Waals surface area contributed by atoms with Crippen molar-refractivity contribution in [3.8, 4) is 0 Å². The molecule has 0 fully saturated rings. The smallest absolute Gasteiger partial charge is 0.138 e. The van der Waals surface area contributed by atoms with Gasteiger partial charge in [-0.05, 0) is 12.1 Å². The minimum absolute atomic E-state index is 0.138. The van der Waals surface area contributed by atoms with E-state index in [1.807, 2.05) is 0 Å². The fourth-order valence-electron chi connectivity index (χ4n) is 1.71. The summed E-state index contributed by atoms with van der Waals surface area (Å²) in [7, 11) is 1.70. The van der Waals surface area contributed by atoms with E-state index in [2.05, 4.69) is 26.0 Å². The third-order valence-electron chi connectivity index (χ3n) is 2.62. The Hall–Kier alpha value is -1.34. The van der Waals surface area contributed by atoms with Gasteiger partial charge in [0.2, 0.25) is 0 Å². The van der Waals surface area contributed by atoms with Gasteiger partial charge in [0.1, 0.15) is 23.8 Å². The van der Waals surface area contributed by atoms with E-state index < -0.39 is 17.7 Å². The Morgan fingerprint density at radius 3 is 2.50 bits per heavy atom. The number of benzene rings is 1. The average Bonchev–Trinajstić information content (AvgIpc) is 2.62. The van der Waals surface area contributed by atoms with Crippen LogP contribution in [0.4, 0.5) is 8.78 Å². The molecule has 1 aromatic carbocycles. The molecule has 0 aliphatic rings. The zero-order chi connectivity index (χ0) is 13.3. The van der Waals surface area contributed by atoms with E-state index in [-0.39, 0.29) is 12.0 Å². The zero-order valence-corrected chi connectivity index (χ0v) is 11.2. The summed E-state index contributed by atoms with van der Waals surface area (Å²) >= 11 is 3.02. The van der Waals surface area contributed by atoms with Gasteiger partial charge in [0, 0.05) is 29.5 Å². The second-order valence-corrected chi connectivity index (χ2v) is 4.81. The maximum Gasteiger partial charge on any atom is 0.138 e. The quantitative estimate of drug-likeness (QED) is 0.943. The van der Waals surface area contributed by atoms with Gasteiger partial charge in [-0.3, -0.25) is 4.68 Å². The number of nitrogens with two attached hydrogens (primary N) is 1. The van der Waals surface area contributed by atoms with Crippen molar-refractivity contribution >= 4 is 15.9 Å². The highest BCUT2D eigenvalue weighted by atomic mass is 79.9. The van der Waals surface area contributed by atoms with Gasteiger partial charge in [-0.1, -0.05) is 15.9 Å². The number of rotatable bonds is 3. The van der Waals surface area contributed by atoms with E-state index in [4.69, 9.17) is 5.73 Å². The second-order valence-electron chi connectivity index (χ2n) is 3.89. The number of nitrogens with zero attached hydrogens (tertiary/aromatic N) is 3. The Morgan fingerprint density at radius 1 is 1.39 bits per heavy atom. The first kappa shape index (κ1) is 13.1. The third kappa shape index (κ3) is 2.56. The molecule has 1 aromatic heterocycles. The van der Waals surface area contributed by atoms with Crippen LogP contribution in [0.3, 0.4) is 0 Å². The van der Waals surface area contributed by atoms with Crippen LogP contribution in [0.15, 0.2) is 22.9 Å². The second kappa shape index (κ2) is 5.11. The third-order valence-corrected chi connectivity index (χ3v) is 3.08. The van der Waals surface area contributed by atoms with Crippen molar-refractivity contribution in [2.75, 3.05) is 0 Å². The Bertz CT molecular complexity index is 547. The number of aryl methyl sites for hydroxylation is 1. The molecular formula is C11H11BrF2N4. The molecule has 2 N–H and O–H groups in total. The lowest BCUT2D eigenvalue weighted by Gasteiger charge is -2.13. The van der Waals surface area contributed by atoms with Gasteiger partial charge in [0.05, 0.1) is 0 Å². The molecule has 2 rings (SSSR count). The number of aromatic nitrogens is 3. The first-order valence-corrected chi connectivity index (χ1v) is 6.01. The molecule has 1 heterocycles. The summed E-state index contributed by atoms with van der Waals surface area (Å²) in [6.07, 6.45) is 1.59. The van der Waals surface area contributed by atoms with Crippen LogP contribution in [-0.2, 0) is 13.5 Å². The van der Waals surface area contributed by atoms with Crippen molar-refractivity contribution in [2.24, 2.45) is 12.8 Å². The van der Waals surface area contributed by atoms with E-state index in [0.29, 0.717) is 10.3 Å². The van der Waals surface area contributed by atoms with Gasteiger partial charge in [-0.25, -0.2) is 13.8 Å². The first-order valence-electron chi connectivity index (χ1n) is 5.22. The van der Waals surface area contributed by atoms with Crippen LogP contribution in [0.2, 0.25) is 0 Å². The van der Waals surface area contributed by atoms with E-state index in [1.165, 1.54) is 23.1 Å². The highest BCUT2D eigenvalue weighted by Gasteiger charge is 2.19. The van der Waals surface area contributed by atoms with Gasteiger partial charge in [-0.2, -0.15) is 5.10 Å². The number of hydrogen-bond donors (Lipinski definition) is 1. The van der Waals surface area contributed by atoms with Crippen molar-refractivity contribution in [2.45, 2.75) is 12.5 Å². The summed E-state index contributed by atoms with van der Waals surface area (Å²) in [5, 5.41) is 3.88. The summed E-state index contributed by atoms with van der Waals surface area (Å²) in [4.78, 5) is 3.98. The zero-order valence-electron chi connectivity index (χ0n) is 9.57. The van der Waals surface area contributed by atoms with E-state index >= 15 is 0 Å². The molecule has 0 amide bonds. The fourth-order valence-corrected chi connectivity index (χ4v) is 2.11. The summed E-state index contributed by atoms with van der Waals surface area (Å²) < 4.78 is 29.3. The number of hydrogen-bond acceptors (Lipinski definition) is 3. The Kier molecular flexibility index (Phi) is 3.72. The van der Waals surface area contributed by atoms with Gasteiger partial charge in [-0.15, -0.1) is 0 Å². The van der Waals surface area contributed by atoms with Gasteiger partial charge < -0.3 is 5.73 Å². The van der Waals surface area contributed by atoms with E-state index in [1.54, 1.807) is 7.05 Å². The predicted molar refractivity (Wildman–Crippen MR) is 65.7 cm³/mol. The Morgan fingerprint density at radius 2 is 2.00 bits per heavy atom. The predicted octanol–water partition coefficient (Wildman–Crippen LogP) is 2.10. The van der Waals surface area contributed by atoms with Gasteiger partial charge >= 0.3 is 0 Å². The van der Waals surface area contributed by atoms with Crippen LogP contribution in [-0.4, -0.2) is 14.8 Å². The topological polar surface area (TPSA) is 56.7 Å². The SMILES string of the molecule is Cn1ncnc1CC(N)c1c(F)cc(Br)cc1F. The van der Waals surface area contributed by atoms with Crippen LogP contribution in [0.1, 0.15) is 17.4 Å². The molecule has 0 saturated heterocycles. The molecule has 4 nitrogen and oxygen atoms in total. The lowest BCUT2D eigenvalue weighted by Crippen LogP contribution is -2.19. The van der Waals surface area contributed by atoms with Gasteiger partial charge in [0.25, 0.3) is 0 Å². The molecule has 7 heteroatoms. The summed E-state index contributed by atoms with van der Waals surface area (Å²) in [6.45, 7) is 0. The van der Waals surface area contributed by atoms with Crippen molar-refractivity contribution in [1.29, 1.82) is 0 Å². The lowest BCUT2D eigenvalue weighted by atomic mass is 10.0. The lowest BCUT2D eigenvalue weighted by molar-refractivity contribution is 0.514. The molecule has 2 aromatic rings. The minimum Gasteiger partial charge on any atom is -0.323 e. The summed E-state index contributed by atoms with van der Waals surface area (Å²) in [6, 6.07) is 1.57. The monoisotopic (exact) mass is 316 g/mol. The molecule has 0 saturated carbocycles. The minimum atomic E-state index is -0.805. The van der Waals surface area contributed by atoms with Crippen LogP contribution >= 0.6 is 15.9 Å². The fraction of sp³-hybridized carbons (Fsp3) is 0.273. The van der Waals surface area contributed by atoms with E-state index in [9.17, 15) is 8.78 Å². The molecule has 1 unspecified atom stereocenters. The summed E-state index contributed by atoms with van der Waals surface area (Å²) in [5.74, 6) is -0.766. The van der Waals surface area contributed by atoms with Crippen molar-refractivity contribution in [3.63, 3.8) is 0 Å². The normalized spacial score (nSPS) is 12.7. The Balaban J connectivity index is 2.29. The Labute approximate surface area is 111 Å². The van der Waals surface area contributed by atoms with Crippen LogP contribution in [0.25, 0.3) is 0 Å². The molecule has 0 spiro atoms. The largest absolute Gasteiger partial charge is 0.323 e. The van der Waals surface area contributed by atoms with Crippen molar-refractivity contribution in [3.05, 3.63) is 46.0 Å². The molecule has 1 atom stereocenters. The maximum atomic E-state index is 13.7. The van der Waals surface area contributed by atoms with Crippen LogP contribution < -0.4 is 5.73 Å². The van der Waals surface area contributed by atoms with Gasteiger partial charge in [0.15, 0.2) is 0 Å². The molecule has 0 aliphatic heterocycles. The standard InChI is InChI=1S/C11H11BrF2N4/c1-18-10(16-5-17-18)4-9(15)11-7(13)2-6(12)3-8(11)14/h2-3,5,9H,4,15H2,1H3. The summed E-state index contributed by atoms with van der Waals surface area (Å²) in [5.41, 5.74) is 5.69. The molecule has 18 heavy (non-hydrogen) atoms. The van der Waals surface area contributed by atoms with E-state index in [0.717, 1.165) is 0 Å². The van der Waals surface area contributed by atoms with Crippen LogP contribution in [0.5, 0.6) is 0 Å². The van der Waals surface area contributed by atoms with Crippen LogP contribution in [0, 0.1) is 11.6 Å². The molecule has 0 aliphatic carbocycles. The first-order chi connectivity index (χ1) is 8.49. The highest BCUT2D eigenvalue weighted by molar-refractivity contribution is 9.10. The van der Waals surface area contributed by atoms with Crippen molar-refractivity contribution in [1.82, 2.24) is 14.8 Å². The highest BCUT2D eigenvalue weighted by Crippen LogP contribution is 2.25. The average molecular weight is 317 g/mol. The maximum absolute atomic E-state index is 13.7.